The van der Waals surface area contributed by atoms with Crippen molar-refractivity contribution in [2.75, 3.05) is 13.7 Å². The molecule has 0 aliphatic carbocycles. The molecule has 0 heterocycles. The Kier molecular flexibility index (Phi) is 4.57. The van der Waals surface area contributed by atoms with E-state index in [4.69, 9.17) is 9.84 Å². The molecule has 106 valence electrons. The van der Waals surface area contributed by atoms with Gasteiger partial charge in [0.15, 0.2) is 6.61 Å². The Bertz CT molecular complexity index is 462. The summed E-state index contributed by atoms with van der Waals surface area (Å²) in [5.74, 6) is -6.11. The van der Waals surface area contributed by atoms with Gasteiger partial charge < -0.3 is 14.6 Å². The standard InChI is InChI=1S/C11H10F4O4/c1-18-6-2-3-7(9(16)17)8(4-6)19-5-11(14,15)10(12)13/h2-4,10H,5H2,1H3,(H,16,17). The van der Waals surface area contributed by atoms with Gasteiger partial charge in [0.25, 0.3) is 0 Å². The Balaban J connectivity index is 2.95. The zero-order chi connectivity index (χ0) is 14.6. The van der Waals surface area contributed by atoms with E-state index in [1.54, 1.807) is 0 Å². The van der Waals surface area contributed by atoms with E-state index in [9.17, 15) is 22.4 Å². The van der Waals surface area contributed by atoms with Gasteiger partial charge >= 0.3 is 18.3 Å². The van der Waals surface area contributed by atoms with Crippen LogP contribution in [0.5, 0.6) is 11.5 Å². The van der Waals surface area contributed by atoms with Crippen LogP contribution in [-0.2, 0) is 0 Å². The van der Waals surface area contributed by atoms with E-state index >= 15 is 0 Å². The van der Waals surface area contributed by atoms with Crippen molar-refractivity contribution in [2.45, 2.75) is 12.3 Å². The number of benzene rings is 1. The summed E-state index contributed by atoms with van der Waals surface area (Å²) in [6, 6.07) is 3.38. The average Bonchev–Trinajstić information content (AvgIpc) is 2.35. The van der Waals surface area contributed by atoms with E-state index in [-0.39, 0.29) is 5.75 Å². The molecule has 0 aromatic heterocycles. The molecule has 19 heavy (non-hydrogen) atoms. The lowest BCUT2D eigenvalue weighted by Gasteiger charge is -2.17. The summed E-state index contributed by atoms with van der Waals surface area (Å²) >= 11 is 0. The molecule has 0 saturated heterocycles. The molecule has 0 spiro atoms. The Morgan fingerprint density at radius 1 is 1.42 bits per heavy atom. The number of methoxy groups -OCH3 is 1. The van der Waals surface area contributed by atoms with Gasteiger partial charge in [-0.15, -0.1) is 0 Å². The van der Waals surface area contributed by atoms with Gasteiger partial charge in [-0.05, 0) is 12.1 Å². The molecule has 0 amide bonds. The second kappa shape index (κ2) is 5.77. The summed E-state index contributed by atoms with van der Waals surface area (Å²) in [4.78, 5) is 10.8. The highest BCUT2D eigenvalue weighted by atomic mass is 19.3. The summed E-state index contributed by atoms with van der Waals surface area (Å²) in [5.41, 5.74) is -0.425. The molecule has 0 bridgehead atoms. The van der Waals surface area contributed by atoms with Gasteiger partial charge in [0, 0.05) is 6.07 Å². The van der Waals surface area contributed by atoms with Crippen molar-refractivity contribution in [3.63, 3.8) is 0 Å². The highest BCUT2D eigenvalue weighted by Gasteiger charge is 2.42. The smallest absolute Gasteiger partial charge is 0.340 e. The molecule has 0 unspecified atom stereocenters. The number of carbonyl (C=O) groups is 1. The Labute approximate surface area is 105 Å². The number of carboxylic acid groups (broad SMARTS) is 1. The molecule has 1 aromatic carbocycles. The van der Waals surface area contributed by atoms with Crippen LogP contribution < -0.4 is 9.47 Å². The number of rotatable bonds is 6. The van der Waals surface area contributed by atoms with Gasteiger partial charge in [-0.3, -0.25) is 0 Å². The predicted molar refractivity (Wildman–Crippen MR) is 56.4 cm³/mol. The second-order valence-electron chi connectivity index (χ2n) is 3.52. The number of halogens is 4. The Morgan fingerprint density at radius 2 is 2.05 bits per heavy atom. The first-order valence-corrected chi connectivity index (χ1v) is 4.98. The van der Waals surface area contributed by atoms with Gasteiger partial charge in [0.05, 0.1) is 7.11 Å². The van der Waals surface area contributed by atoms with Gasteiger partial charge in [0.2, 0.25) is 0 Å². The zero-order valence-corrected chi connectivity index (χ0v) is 9.70. The van der Waals surface area contributed by atoms with Crippen LogP contribution in [0.15, 0.2) is 18.2 Å². The number of aromatic carboxylic acids is 1. The van der Waals surface area contributed by atoms with E-state index in [1.807, 2.05) is 0 Å². The van der Waals surface area contributed by atoms with E-state index < -0.39 is 36.2 Å². The minimum absolute atomic E-state index is 0.153. The Hall–Kier alpha value is -1.99. The van der Waals surface area contributed by atoms with Crippen LogP contribution in [0.4, 0.5) is 17.6 Å². The molecular weight excluding hydrogens is 272 g/mol. The van der Waals surface area contributed by atoms with Crippen LogP contribution >= 0.6 is 0 Å². The third-order valence-corrected chi connectivity index (χ3v) is 2.16. The lowest BCUT2D eigenvalue weighted by molar-refractivity contribution is -0.148. The van der Waals surface area contributed by atoms with Gasteiger partial charge in [-0.1, -0.05) is 0 Å². The fraction of sp³-hybridized carbons (Fsp3) is 0.364. The molecule has 8 heteroatoms. The van der Waals surface area contributed by atoms with E-state index in [1.165, 1.54) is 13.2 Å². The molecule has 4 nitrogen and oxygen atoms in total. The highest BCUT2D eigenvalue weighted by molar-refractivity contribution is 5.91. The maximum atomic E-state index is 12.7. The van der Waals surface area contributed by atoms with Crippen molar-refractivity contribution in [1.82, 2.24) is 0 Å². The highest BCUT2D eigenvalue weighted by Crippen LogP contribution is 2.28. The van der Waals surface area contributed by atoms with Crippen LogP contribution in [0.2, 0.25) is 0 Å². The van der Waals surface area contributed by atoms with Crippen molar-refractivity contribution < 1.29 is 36.9 Å². The quantitative estimate of drug-likeness (QED) is 0.815. The molecule has 0 fully saturated rings. The van der Waals surface area contributed by atoms with Crippen LogP contribution in [0.3, 0.4) is 0 Å². The first-order chi connectivity index (χ1) is 8.77. The molecule has 0 aliphatic heterocycles. The summed E-state index contributed by atoms with van der Waals surface area (Å²) < 4.78 is 58.5. The largest absolute Gasteiger partial charge is 0.497 e. The minimum atomic E-state index is -4.36. The predicted octanol–water partition coefficient (Wildman–Crippen LogP) is 2.67. The van der Waals surface area contributed by atoms with Gasteiger partial charge in [-0.2, -0.15) is 8.78 Å². The monoisotopic (exact) mass is 282 g/mol. The maximum Gasteiger partial charge on any atom is 0.340 e. The third-order valence-electron chi connectivity index (χ3n) is 2.16. The van der Waals surface area contributed by atoms with Crippen LogP contribution in [0, 0.1) is 0 Å². The molecule has 0 radical (unpaired) electrons. The normalized spacial score (nSPS) is 11.5. The van der Waals surface area contributed by atoms with Crippen molar-refractivity contribution in [3.8, 4) is 11.5 Å². The Morgan fingerprint density at radius 3 is 2.53 bits per heavy atom. The fourth-order valence-corrected chi connectivity index (χ4v) is 1.16. The summed E-state index contributed by atoms with van der Waals surface area (Å²) in [6.45, 7) is -1.63. The molecule has 0 atom stereocenters. The van der Waals surface area contributed by atoms with Crippen LogP contribution in [-0.4, -0.2) is 37.1 Å². The number of hydrogen-bond donors (Lipinski definition) is 1. The lowest BCUT2D eigenvalue weighted by Crippen LogP contribution is -2.34. The number of hydrogen-bond acceptors (Lipinski definition) is 3. The number of carboxylic acids is 1. The van der Waals surface area contributed by atoms with Crippen molar-refractivity contribution >= 4 is 5.97 Å². The summed E-state index contributed by atoms with van der Waals surface area (Å²) in [7, 11) is 1.27. The molecule has 1 N–H and O–H groups in total. The van der Waals surface area contributed by atoms with Crippen molar-refractivity contribution in [2.24, 2.45) is 0 Å². The summed E-state index contributed by atoms with van der Waals surface area (Å²) in [5, 5.41) is 8.81. The SMILES string of the molecule is COc1ccc(C(=O)O)c(OCC(F)(F)C(F)F)c1. The van der Waals surface area contributed by atoms with Crippen molar-refractivity contribution in [3.05, 3.63) is 23.8 Å². The first kappa shape index (κ1) is 15.1. The third kappa shape index (κ3) is 3.73. The maximum absolute atomic E-state index is 12.7. The molecule has 0 saturated carbocycles. The van der Waals surface area contributed by atoms with E-state index in [0.717, 1.165) is 12.1 Å². The number of ether oxygens (including phenoxy) is 2. The molecule has 0 aliphatic rings. The van der Waals surface area contributed by atoms with Gasteiger partial charge in [-0.25, -0.2) is 13.6 Å². The lowest BCUT2D eigenvalue weighted by atomic mass is 10.2. The zero-order valence-electron chi connectivity index (χ0n) is 9.70. The topological polar surface area (TPSA) is 55.8 Å². The van der Waals surface area contributed by atoms with E-state index in [2.05, 4.69) is 4.74 Å². The van der Waals surface area contributed by atoms with Gasteiger partial charge in [0.1, 0.15) is 17.1 Å². The van der Waals surface area contributed by atoms with Crippen LogP contribution in [0.1, 0.15) is 10.4 Å². The second-order valence-corrected chi connectivity index (χ2v) is 3.52. The minimum Gasteiger partial charge on any atom is -0.497 e. The van der Waals surface area contributed by atoms with Crippen LogP contribution in [0.25, 0.3) is 0 Å². The summed E-state index contributed by atoms with van der Waals surface area (Å²) in [6.07, 6.45) is -3.90. The fourth-order valence-electron chi connectivity index (χ4n) is 1.16. The molecule has 1 aromatic rings. The van der Waals surface area contributed by atoms with Crippen molar-refractivity contribution in [1.29, 1.82) is 0 Å². The van der Waals surface area contributed by atoms with E-state index in [0.29, 0.717) is 0 Å². The molecular formula is C11H10F4O4. The first-order valence-electron chi connectivity index (χ1n) is 4.98. The molecule has 1 rings (SSSR count). The average molecular weight is 282 g/mol. The number of alkyl halides is 4.